The summed E-state index contributed by atoms with van der Waals surface area (Å²) in [5, 5.41) is 3.47. The molecule has 0 radical (unpaired) electrons. The molecule has 0 saturated carbocycles. The highest BCUT2D eigenvalue weighted by Gasteiger charge is 2.06. The predicted molar refractivity (Wildman–Crippen MR) is 89.1 cm³/mol. The molecule has 0 aliphatic rings. The summed E-state index contributed by atoms with van der Waals surface area (Å²) in [6, 6.07) is 6.04. The topological polar surface area (TPSA) is 30.5 Å². The number of nitrogens with one attached hydrogen (secondary N) is 1. The minimum Gasteiger partial charge on any atom is -0.497 e. The second kappa shape index (κ2) is 9.67. The van der Waals surface area contributed by atoms with Gasteiger partial charge in [-0.2, -0.15) is 0 Å². The van der Waals surface area contributed by atoms with E-state index < -0.39 is 0 Å². The van der Waals surface area contributed by atoms with E-state index in [4.69, 9.17) is 9.47 Å². The first-order valence-electron chi connectivity index (χ1n) is 8.03. The van der Waals surface area contributed by atoms with Crippen LogP contribution in [0, 0.1) is 11.8 Å². The second-order valence-corrected chi connectivity index (χ2v) is 6.38. The van der Waals surface area contributed by atoms with Crippen LogP contribution >= 0.6 is 0 Å². The Kier molecular flexibility index (Phi) is 8.21. The van der Waals surface area contributed by atoms with Gasteiger partial charge in [0.25, 0.3) is 0 Å². The average molecular weight is 293 g/mol. The summed E-state index contributed by atoms with van der Waals surface area (Å²) >= 11 is 0. The summed E-state index contributed by atoms with van der Waals surface area (Å²) in [5.74, 6) is 3.23. The van der Waals surface area contributed by atoms with Gasteiger partial charge in [-0.15, -0.1) is 0 Å². The molecule has 0 aliphatic carbocycles. The predicted octanol–water partition coefficient (Wildman–Crippen LogP) is 4.26. The summed E-state index contributed by atoms with van der Waals surface area (Å²) in [6.45, 7) is 11.5. The third-order valence-corrected chi connectivity index (χ3v) is 3.32. The lowest BCUT2D eigenvalue weighted by Crippen LogP contribution is -2.19. The molecule has 0 unspecified atom stereocenters. The Labute approximate surface area is 130 Å². The molecule has 120 valence electrons. The van der Waals surface area contributed by atoms with E-state index in [1.54, 1.807) is 7.11 Å². The van der Waals surface area contributed by atoms with Crippen molar-refractivity contribution in [3.63, 3.8) is 0 Å². The van der Waals surface area contributed by atoms with E-state index in [0.29, 0.717) is 5.92 Å². The Morgan fingerprint density at radius 2 is 1.86 bits per heavy atom. The van der Waals surface area contributed by atoms with Crippen LogP contribution in [-0.2, 0) is 6.54 Å². The normalized spacial score (nSPS) is 11.2. The van der Waals surface area contributed by atoms with Crippen molar-refractivity contribution in [3.05, 3.63) is 23.8 Å². The zero-order chi connectivity index (χ0) is 15.7. The van der Waals surface area contributed by atoms with E-state index in [0.717, 1.165) is 43.5 Å². The van der Waals surface area contributed by atoms with Crippen LogP contribution in [0.25, 0.3) is 0 Å². The number of benzene rings is 1. The Morgan fingerprint density at radius 3 is 2.48 bits per heavy atom. The average Bonchev–Trinajstić information content (AvgIpc) is 2.44. The first-order valence-corrected chi connectivity index (χ1v) is 8.03. The largest absolute Gasteiger partial charge is 0.497 e. The fraction of sp³-hybridized carbons (Fsp3) is 0.667. The van der Waals surface area contributed by atoms with E-state index >= 15 is 0 Å². The molecule has 1 aromatic rings. The van der Waals surface area contributed by atoms with Crippen molar-refractivity contribution in [1.82, 2.24) is 5.32 Å². The van der Waals surface area contributed by atoms with Gasteiger partial charge < -0.3 is 14.8 Å². The van der Waals surface area contributed by atoms with Crippen molar-refractivity contribution in [1.29, 1.82) is 0 Å². The standard InChI is InChI=1S/C18H31NO2/c1-14(2)7-6-10-21-18-9-8-17(20-5)11-16(18)13-19-12-15(3)4/h8-9,11,14-15,19H,6-7,10,12-13H2,1-5H3. The number of hydrogen-bond donors (Lipinski definition) is 1. The van der Waals surface area contributed by atoms with E-state index in [1.807, 2.05) is 12.1 Å². The van der Waals surface area contributed by atoms with Crippen LogP contribution in [0.15, 0.2) is 18.2 Å². The molecule has 0 amide bonds. The van der Waals surface area contributed by atoms with Crippen molar-refractivity contribution in [2.45, 2.75) is 47.1 Å². The number of hydrogen-bond acceptors (Lipinski definition) is 3. The Bertz CT molecular complexity index is 402. The summed E-state index contributed by atoms with van der Waals surface area (Å²) < 4.78 is 11.3. The minimum atomic E-state index is 0.644. The van der Waals surface area contributed by atoms with Crippen LogP contribution in [0.4, 0.5) is 0 Å². The Morgan fingerprint density at radius 1 is 1.10 bits per heavy atom. The lowest BCUT2D eigenvalue weighted by Gasteiger charge is -2.15. The molecular formula is C18H31NO2. The Hall–Kier alpha value is -1.22. The van der Waals surface area contributed by atoms with E-state index in [2.05, 4.69) is 39.1 Å². The molecule has 0 saturated heterocycles. The quantitative estimate of drug-likeness (QED) is 0.654. The monoisotopic (exact) mass is 293 g/mol. The fourth-order valence-corrected chi connectivity index (χ4v) is 2.13. The summed E-state index contributed by atoms with van der Waals surface area (Å²) in [5.41, 5.74) is 1.17. The van der Waals surface area contributed by atoms with Gasteiger partial charge in [0.1, 0.15) is 11.5 Å². The molecule has 1 N–H and O–H groups in total. The number of ether oxygens (including phenoxy) is 2. The lowest BCUT2D eigenvalue weighted by molar-refractivity contribution is 0.293. The van der Waals surface area contributed by atoms with Gasteiger partial charge in [0.15, 0.2) is 0 Å². The van der Waals surface area contributed by atoms with E-state index in [1.165, 1.54) is 12.0 Å². The maximum atomic E-state index is 5.95. The molecule has 1 rings (SSSR count). The first kappa shape index (κ1) is 17.8. The smallest absolute Gasteiger partial charge is 0.124 e. The molecule has 0 heterocycles. The molecule has 0 spiro atoms. The molecule has 1 aromatic carbocycles. The molecule has 0 aromatic heterocycles. The van der Waals surface area contributed by atoms with Crippen LogP contribution in [-0.4, -0.2) is 20.3 Å². The molecular weight excluding hydrogens is 262 g/mol. The molecule has 0 aliphatic heterocycles. The van der Waals surface area contributed by atoms with Gasteiger partial charge in [0.2, 0.25) is 0 Å². The molecule has 3 nitrogen and oxygen atoms in total. The van der Waals surface area contributed by atoms with Gasteiger partial charge in [-0.05, 0) is 49.4 Å². The highest BCUT2D eigenvalue weighted by atomic mass is 16.5. The maximum absolute atomic E-state index is 5.95. The van der Waals surface area contributed by atoms with Crippen LogP contribution < -0.4 is 14.8 Å². The van der Waals surface area contributed by atoms with Gasteiger partial charge in [-0.3, -0.25) is 0 Å². The fourth-order valence-electron chi connectivity index (χ4n) is 2.13. The third kappa shape index (κ3) is 7.37. The lowest BCUT2D eigenvalue weighted by atomic mass is 10.1. The first-order chi connectivity index (χ1) is 10.0. The SMILES string of the molecule is COc1ccc(OCCCC(C)C)c(CNCC(C)C)c1. The summed E-state index contributed by atoms with van der Waals surface area (Å²) in [4.78, 5) is 0. The maximum Gasteiger partial charge on any atom is 0.124 e. The second-order valence-electron chi connectivity index (χ2n) is 6.38. The van der Waals surface area contributed by atoms with Gasteiger partial charge in [0.05, 0.1) is 13.7 Å². The zero-order valence-corrected chi connectivity index (χ0v) is 14.2. The minimum absolute atomic E-state index is 0.644. The molecule has 3 heteroatoms. The number of rotatable bonds is 10. The Balaban J connectivity index is 2.58. The van der Waals surface area contributed by atoms with Gasteiger partial charge in [-0.25, -0.2) is 0 Å². The third-order valence-electron chi connectivity index (χ3n) is 3.32. The number of methoxy groups -OCH3 is 1. The van der Waals surface area contributed by atoms with Crippen molar-refractivity contribution < 1.29 is 9.47 Å². The van der Waals surface area contributed by atoms with Crippen LogP contribution in [0.1, 0.15) is 46.1 Å². The van der Waals surface area contributed by atoms with Crippen molar-refractivity contribution >= 4 is 0 Å². The van der Waals surface area contributed by atoms with Crippen LogP contribution in [0.3, 0.4) is 0 Å². The van der Waals surface area contributed by atoms with Crippen molar-refractivity contribution in [2.75, 3.05) is 20.3 Å². The van der Waals surface area contributed by atoms with Gasteiger partial charge in [0, 0.05) is 12.1 Å². The summed E-state index contributed by atoms with van der Waals surface area (Å²) in [6.07, 6.45) is 2.31. The van der Waals surface area contributed by atoms with Crippen molar-refractivity contribution in [3.8, 4) is 11.5 Å². The summed E-state index contributed by atoms with van der Waals surface area (Å²) in [7, 11) is 1.70. The molecule has 0 bridgehead atoms. The molecule has 0 atom stereocenters. The van der Waals surface area contributed by atoms with E-state index in [9.17, 15) is 0 Å². The van der Waals surface area contributed by atoms with Gasteiger partial charge >= 0.3 is 0 Å². The van der Waals surface area contributed by atoms with Crippen LogP contribution in [0.5, 0.6) is 11.5 Å². The van der Waals surface area contributed by atoms with E-state index in [-0.39, 0.29) is 0 Å². The molecule has 21 heavy (non-hydrogen) atoms. The molecule has 0 fully saturated rings. The van der Waals surface area contributed by atoms with Gasteiger partial charge in [-0.1, -0.05) is 27.7 Å². The van der Waals surface area contributed by atoms with Crippen molar-refractivity contribution in [2.24, 2.45) is 11.8 Å². The highest BCUT2D eigenvalue weighted by Crippen LogP contribution is 2.24. The van der Waals surface area contributed by atoms with Crippen LogP contribution in [0.2, 0.25) is 0 Å². The highest BCUT2D eigenvalue weighted by molar-refractivity contribution is 5.40. The zero-order valence-electron chi connectivity index (χ0n) is 14.2.